The number of rotatable bonds is 6. The number of aryl methyl sites for hydroxylation is 2. The molecule has 0 aliphatic heterocycles. The van der Waals surface area contributed by atoms with Crippen LogP contribution in [0.15, 0.2) is 53.9 Å². The van der Waals surface area contributed by atoms with Crippen LogP contribution in [0.4, 0.5) is 0 Å². The summed E-state index contributed by atoms with van der Waals surface area (Å²) in [5.74, 6) is 0.209. The zero-order valence-corrected chi connectivity index (χ0v) is 17.0. The first-order valence-electron chi connectivity index (χ1n) is 8.59. The second-order valence-corrected chi connectivity index (χ2v) is 7.76. The van der Waals surface area contributed by atoms with Crippen LogP contribution in [0.3, 0.4) is 0 Å². The molecule has 27 heavy (non-hydrogen) atoms. The molecule has 1 amide bonds. The number of benzene rings is 2. The average molecular weight is 401 g/mol. The molecule has 140 valence electrons. The van der Waals surface area contributed by atoms with E-state index in [0.717, 1.165) is 11.3 Å². The molecule has 7 heteroatoms. The van der Waals surface area contributed by atoms with Crippen LogP contribution in [0, 0.1) is 13.8 Å². The van der Waals surface area contributed by atoms with Gasteiger partial charge in [0.05, 0.1) is 17.5 Å². The maximum Gasteiger partial charge on any atom is 0.230 e. The van der Waals surface area contributed by atoms with Crippen molar-refractivity contribution in [3.8, 4) is 5.69 Å². The van der Waals surface area contributed by atoms with Crippen LogP contribution < -0.4 is 5.32 Å². The zero-order chi connectivity index (χ0) is 19.4. The Morgan fingerprint density at radius 1 is 1.22 bits per heavy atom. The van der Waals surface area contributed by atoms with Crippen LogP contribution >= 0.6 is 23.4 Å². The van der Waals surface area contributed by atoms with E-state index in [2.05, 4.69) is 47.6 Å². The summed E-state index contributed by atoms with van der Waals surface area (Å²) >= 11 is 7.39. The van der Waals surface area contributed by atoms with Gasteiger partial charge >= 0.3 is 0 Å². The van der Waals surface area contributed by atoms with Crippen molar-refractivity contribution in [1.82, 2.24) is 20.1 Å². The third-order valence-corrected chi connectivity index (χ3v) is 5.52. The van der Waals surface area contributed by atoms with E-state index in [0.29, 0.717) is 10.2 Å². The Labute approximate surface area is 168 Å². The lowest BCUT2D eigenvalue weighted by Crippen LogP contribution is -2.28. The number of thioether (sulfide) groups is 1. The molecule has 3 rings (SSSR count). The van der Waals surface area contributed by atoms with E-state index in [1.54, 1.807) is 6.33 Å². The predicted octanol–water partition coefficient (Wildman–Crippen LogP) is 4.51. The second-order valence-electron chi connectivity index (χ2n) is 6.38. The molecular weight excluding hydrogens is 380 g/mol. The lowest BCUT2D eigenvalue weighted by atomic mass is 10.0. The van der Waals surface area contributed by atoms with Gasteiger partial charge in [0.1, 0.15) is 6.33 Å². The van der Waals surface area contributed by atoms with E-state index in [1.165, 1.54) is 22.9 Å². The fourth-order valence-corrected chi connectivity index (χ4v) is 3.58. The minimum Gasteiger partial charge on any atom is -0.349 e. The molecule has 0 saturated heterocycles. The molecule has 3 aromatic rings. The molecule has 0 fully saturated rings. The first-order valence-corrected chi connectivity index (χ1v) is 9.95. The van der Waals surface area contributed by atoms with E-state index in [1.807, 2.05) is 35.8 Å². The SMILES string of the molecule is Cc1ccc(C(C)NC(=O)CSc2nncn2-c2cccc(Cl)c2)cc1C. The molecule has 0 aliphatic carbocycles. The number of nitrogens with one attached hydrogen (secondary N) is 1. The molecule has 0 aliphatic rings. The van der Waals surface area contributed by atoms with Crippen LogP contribution in [0.5, 0.6) is 0 Å². The highest BCUT2D eigenvalue weighted by molar-refractivity contribution is 7.99. The number of amides is 1. The van der Waals surface area contributed by atoms with Crippen molar-refractivity contribution in [2.24, 2.45) is 0 Å². The standard InChI is InChI=1S/C20H21ClN4OS/c1-13-7-8-16(9-14(13)2)15(3)23-19(26)11-27-20-24-22-12-25(20)18-6-4-5-17(21)10-18/h4-10,12,15H,11H2,1-3H3,(H,23,26). The highest BCUT2D eigenvalue weighted by Gasteiger charge is 2.13. The van der Waals surface area contributed by atoms with Gasteiger partial charge in [-0.3, -0.25) is 9.36 Å². The van der Waals surface area contributed by atoms with Gasteiger partial charge in [-0.15, -0.1) is 10.2 Å². The average Bonchev–Trinajstić information content (AvgIpc) is 3.11. The summed E-state index contributed by atoms with van der Waals surface area (Å²) in [7, 11) is 0. The van der Waals surface area contributed by atoms with E-state index in [-0.39, 0.29) is 17.7 Å². The lowest BCUT2D eigenvalue weighted by molar-refractivity contribution is -0.119. The third-order valence-electron chi connectivity index (χ3n) is 4.34. The van der Waals surface area contributed by atoms with E-state index < -0.39 is 0 Å². The largest absolute Gasteiger partial charge is 0.349 e. The summed E-state index contributed by atoms with van der Waals surface area (Å²) < 4.78 is 1.82. The van der Waals surface area contributed by atoms with Gasteiger partial charge in [-0.05, 0) is 55.7 Å². The fraction of sp³-hybridized carbons (Fsp3) is 0.250. The Hall–Kier alpha value is -2.31. The van der Waals surface area contributed by atoms with Gasteiger partial charge < -0.3 is 5.32 Å². The van der Waals surface area contributed by atoms with Crippen molar-refractivity contribution in [2.75, 3.05) is 5.75 Å². The molecule has 0 spiro atoms. The number of halogens is 1. The lowest BCUT2D eigenvalue weighted by Gasteiger charge is -2.15. The van der Waals surface area contributed by atoms with E-state index in [9.17, 15) is 4.79 Å². The predicted molar refractivity (Wildman–Crippen MR) is 110 cm³/mol. The Kier molecular flexibility index (Phi) is 6.19. The Morgan fingerprint density at radius 2 is 2.04 bits per heavy atom. The molecule has 0 bridgehead atoms. The molecule has 1 atom stereocenters. The van der Waals surface area contributed by atoms with Gasteiger partial charge in [-0.25, -0.2) is 0 Å². The molecule has 0 radical (unpaired) electrons. The molecule has 1 heterocycles. The smallest absolute Gasteiger partial charge is 0.230 e. The maximum atomic E-state index is 12.4. The number of aromatic nitrogens is 3. The van der Waals surface area contributed by atoms with Crippen LogP contribution in [0.1, 0.15) is 29.7 Å². The first-order chi connectivity index (χ1) is 12.9. The molecule has 1 N–H and O–H groups in total. The molecule has 0 saturated carbocycles. The summed E-state index contributed by atoms with van der Waals surface area (Å²) in [6.45, 7) is 6.14. The van der Waals surface area contributed by atoms with Gasteiger partial charge in [0.2, 0.25) is 5.91 Å². The van der Waals surface area contributed by atoms with Crippen molar-refractivity contribution in [2.45, 2.75) is 32.0 Å². The summed E-state index contributed by atoms with van der Waals surface area (Å²) in [5, 5.41) is 12.4. The molecular formula is C20H21ClN4OS. The highest BCUT2D eigenvalue weighted by atomic mass is 35.5. The van der Waals surface area contributed by atoms with E-state index >= 15 is 0 Å². The van der Waals surface area contributed by atoms with Gasteiger partial charge in [0, 0.05) is 5.02 Å². The Balaban J connectivity index is 1.61. The molecule has 1 aromatic heterocycles. The highest BCUT2D eigenvalue weighted by Crippen LogP contribution is 2.22. The molecule has 1 unspecified atom stereocenters. The Bertz CT molecular complexity index is 957. The number of carbonyl (C=O) groups excluding carboxylic acids is 1. The third kappa shape index (κ3) is 4.90. The second kappa shape index (κ2) is 8.59. The number of hydrogen-bond donors (Lipinski definition) is 1. The van der Waals surface area contributed by atoms with Crippen LogP contribution in [-0.4, -0.2) is 26.4 Å². The van der Waals surface area contributed by atoms with Crippen molar-refractivity contribution in [1.29, 1.82) is 0 Å². The topological polar surface area (TPSA) is 59.8 Å². The molecule has 5 nitrogen and oxygen atoms in total. The van der Waals surface area contributed by atoms with Crippen LogP contribution in [0.2, 0.25) is 5.02 Å². The summed E-state index contributed by atoms with van der Waals surface area (Å²) in [5.41, 5.74) is 4.42. The van der Waals surface area contributed by atoms with Crippen LogP contribution in [0.25, 0.3) is 5.69 Å². The van der Waals surface area contributed by atoms with Gasteiger partial charge in [-0.2, -0.15) is 0 Å². The summed E-state index contributed by atoms with van der Waals surface area (Å²) in [6.07, 6.45) is 1.61. The number of hydrogen-bond acceptors (Lipinski definition) is 4. The Morgan fingerprint density at radius 3 is 2.78 bits per heavy atom. The summed E-state index contributed by atoms with van der Waals surface area (Å²) in [4.78, 5) is 12.4. The maximum absolute atomic E-state index is 12.4. The quantitative estimate of drug-likeness (QED) is 0.618. The summed E-state index contributed by atoms with van der Waals surface area (Å²) in [6, 6.07) is 13.6. The molecule has 2 aromatic carbocycles. The van der Waals surface area contributed by atoms with Gasteiger partial charge in [0.25, 0.3) is 0 Å². The van der Waals surface area contributed by atoms with Gasteiger partial charge in [-0.1, -0.05) is 47.6 Å². The van der Waals surface area contributed by atoms with Crippen molar-refractivity contribution >= 4 is 29.3 Å². The zero-order valence-electron chi connectivity index (χ0n) is 15.4. The minimum absolute atomic E-state index is 0.0497. The first kappa shape index (κ1) is 19.5. The minimum atomic E-state index is -0.0526. The fourth-order valence-electron chi connectivity index (χ4n) is 2.66. The van der Waals surface area contributed by atoms with E-state index in [4.69, 9.17) is 11.6 Å². The van der Waals surface area contributed by atoms with Crippen molar-refractivity contribution < 1.29 is 4.79 Å². The van der Waals surface area contributed by atoms with Gasteiger partial charge in [0.15, 0.2) is 5.16 Å². The van der Waals surface area contributed by atoms with Crippen LogP contribution in [-0.2, 0) is 4.79 Å². The number of carbonyl (C=O) groups is 1. The van der Waals surface area contributed by atoms with Crippen molar-refractivity contribution in [3.05, 3.63) is 70.5 Å². The monoisotopic (exact) mass is 400 g/mol. The normalized spacial score (nSPS) is 12.0. The number of nitrogens with zero attached hydrogens (tertiary/aromatic N) is 3. The van der Waals surface area contributed by atoms with Crippen molar-refractivity contribution in [3.63, 3.8) is 0 Å².